The molecule has 1 nitrogen and oxygen atoms in total. The van der Waals surface area contributed by atoms with E-state index in [9.17, 15) is 4.79 Å². The maximum Gasteiger partial charge on any atom is 0.126 e. The molecule has 0 saturated carbocycles. The van der Waals surface area contributed by atoms with Crippen LogP contribution in [0.5, 0.6) is 0 Å². The van der Waals surface area contributed by atoms with Crippen LogP contribution in [0.25, 0.3) is 0 Å². The Balaban J connectivity index is 0. The summed E-state index contributed by atoms with van der Waals surface area (Å²) in [6, 6.07) is 16.7. The molecule has 22 heavy (non-hydrogen) atoms. The lowest BCUT2D eigenvalue weighted by Gasteiger charge is -1.93. The summed E-state index contributed by atoms with van der Waals surface area (Å²) < 4.78 is 0. The third kappa shape index (κ3) is 13.1. The fourth-order valence-electron chi connectivity index (χ4n) is 1.33. The van der Waals surface area contributed by atoms with Crippen LogP contribution in [0.3, 0.4) is 0 Å². The lowest BCUT2D eigenvalue weighted by Crippen LogP contribution is -1.74. The van der Waals surface area contributed by atoms with Crippen LogP contribution in [0.2, 0.25) is 0 Å². The highest BCUT2D eigenvalue weighted by atomic mass is 16.1. The van der Waals surface area contributed by atoms with Crippen molar-refractivity contribution in [3.05, 3.63) is 70.8 Å². The fourth-order valence-corrected chi connectivity index (χ4v) is 1.33. The summed E-state index contributed by atoms with van der Waals surface area (Å²) in [5, 5.41) is 0. The second-order valence-electron chi connectivity index (χ2n) is 5.08. The molecule has 0 aliphatic heterocycles. The Bertz CT molecular complexity index is 437. The van der Waals surface area contributed by atoms with Crippen molar-refractivity contribution in [2.45, 2.75) is 55.4 Å². The standard InChI is InChI=1S/2C8H10.C3H6O.C2H6/c2*1-7-5-3-4-6-8(7)2;1-3(2)4;1-2/h2*3-6H,1-2H3;1-2H3;1-2H3. The van der Waals surface area contributed by atoms with Gasteiger partial charge in [0.2, 0.25) is 0 Å². The second-order valence-corrected chi connectivity index (χ2v) is 5.08. The van der Waals surface area contributed by atoms with Gasteiger partial charge < -0.3 is 4.79 Å². The number of rotatable bonds is 0. The van der Waals surface area contributed by atoms with Gasteiger partial charge in [-0.1, -0.05) is 62.4 Å². The first-order valence-corrected chi connectivity index (χ1v) is 7.86. The van der Waals surface area contributed by atoms with E-state index in [0.717, 1.165) is 0 Å². The van der Waals surface area contributed by atoms with Gasteiger partial charge in [0.25, 0.3) is 0 Å². The molecule has 0 fully saturated rings. The Labute approximate surface area is 137 Å². The molecule has 0 N–H and O–H groups in total. The summed E-state index contributed by atoms with van der Waals surface area (Å²) in [6.07, 6.45) is 0. The lowest BCUT2D eigenvalue weighted by atomic mass is 10.1. The van der Waals surface area contributed by atoms with Gasteiger partial charge in [-0.25, -0.2) is 0 Å². The van der Waals surface area contributed by atoms with Crippen LogP contribution in [0.15, 0.2) is 48.5 Å². The third-order valence-corrected chi connectivity index (χ3v) is 2.85. The van der Waals surface area contributed by atoms with E-state index < -0.39 is 0 Å². The number of aryl methyl sites for hydroxylation is 4. The predicted octanol–water partition coefficient (Wildman–Crippen LogP) is 6.23. The first-order valence-electron chi connectivity index (χ1n) is 7.86. The van der Waals surface area contributed by atoms with Gasteiger partial charge in [0.15, 0.2) is 0 Å². The molecule has 0 saturated heterocycles. The third-order valence-electron chi connectivity index (χ3n) is 2.85. The van der Waals surface area contributed by atoms with Crippen LogP contribution >= 0.6 is 0 Å². The van der Waals surface area contributed by atoms with E-state index in [2.05, 4.69) is 76.2 Å². The minimum atomic E-state index is 0.167. The van der Waals surface area contributed by atoms with E-state index in [4.69, 9.17) is 0 Å². The Morgan fingerprint density at radius 3 is 0.818 bits per heavy atom. The number of hydrogen-bond donors (Lipinski definition) is 0. The van der Waals surface area contributed by atoms with E-state index in [1.54, 1.807) is 0 Å². The average Bonchev–Trinajstić information content (AvgIpc) is 2.48. The smallest absolute Gasteiger partial charge is 0.126 e. The predicted molar refractivity (Wildman–Crippen MR) is 99.5 cm³/mol. The van der Waals surface area contributed by atoms with E-state index in [1.165, 1.54) is 36.1 Å². The highest BCUT2D eigenvalue weighted by Gasteiger charge is 1.84. The minimum absolute atomic E-state index is 0.167. The summed E-state index contributed by atoms with van der Waals surface area (Å²) in [7, 11) is 0. The highest BCUT2D eigenvalue weighted by molar-refractivity contribution is 5.72. The fraction of sp³-hybridized carbons (Fsp3) is 0.381. The minimum Gasteiger partial charge on any atom is -0.300 e. The first-order chi connectivity index (χ1) is 10.3. The Morgan fingerprint density at radius 2 is 0.727 bits per heavy atom. The molecule has 0 spiro atoms. The van der Waals surface area contributed by atoms with Crippen LogP contribution in [-0.4, -0.2) is 5.78 Å². The summed E-state index contributed by atoms with van der Waals surface area (Å²) in [5.74, 6) is 0.167. The van der Waals surface area contributed by atoms with Crippen molar-refractivity contribution in [2.24, 2.45) is 0 Å². The summed E-state index contributed by atoms with van der Waals surface area (Å²) in [6.45, 7) is 15.5. The zero-order valence-corrected chi connectivity index (χ0v) is 15.5. The monoisotopic (exact) mass is 300 g/mol. The Morgan fingerprint density at radius 1 is 0.591 bits per heavy atom. The molecule has 0 heterocycles. The molecule has 122 valence electrons. The van der Waals surface area contributed by atoms with E-state index in [0.29, 0.717) is 0 Å². The molecule has 0 atom stereocenters. The van der Waals surface area contributed by atoms with Crippen molar-refractivity contribution in [2.75, 3.05) is 0 Å². The van der Waals surface area contributed by atoms with Gasteiger partial charge >= 0.3 is 0 Å². The van der Waals surface area contributed by atoms with Crippen molar-refractivity contribution in [3.63, 3.8) is 0 Å². The summed E-state index contributed by atoms with van der Waals surface area (Å²) >= 11 is 0. The van der Waals surface area contributed by atoms with Crippen molar-refractivity contribution < 1.29 is 4.79 Å². The molecule has 0 aliphatic carbocycles. The molecular weight excluding hydrogens is 268 g/mol. The van der Waals surface area contributed by atoms with Gasteiger partial charge in [0.1, 0.15) is 5.78 Å². The van der Waals surface area contributed by atoms with Crippen molar-refractivity contribution in [1.29, 1.82) is 0 Å². The molecule has 0 bridgehead atoms. The van der Waals surface area contributed by atoms with Crippen LogP contribution < -0.4 is 0 Å². The van der Waals surface area contributed by atoms with Crippen LogP contribution in [0.4, 0.5) is 0 Å². The highest BCUT2D eigenvalue weighted by Crippen LogP contribution is 2.03. The van der Waals surface area contributed by atoms with Crippen molar-refractivity contribution in [1.82, 2.24) is 0 Å². The average molecular weight is 300 g/mol. The Kier molecular flexibility index (Phi) is 14.3. The molecule has 1 heteroatoms. The molecule has 2 aromatic rings. The topological polar surface area (TPSA) is 17.1 Å². The van der Waals surface area contributed by atoms with Crippen molar-refractivity contribution in [3.8, 4) is 0 Å². The number of benzene rings is 2. The second kappa shape index (κ2) is 14.1. The molecule has 0 radical (unpaired) electrons. The number of carbonyl (C=O) groups is 1. The number of hydrogen-bond acceptors (Lipinski definition) is 1. The number of Topliss-reactive ketones (excluding diaryl/α,β-unsaturated/α-hetero) is 1. The van der Waals surface area contributed by atoms with Gasteiger partial charge in [-0.05, 0) is 63.8 Å². The molecule has 0 aromatic heterocycles. The van der Waals surface area contributed by atoms with Crippen LogP contribution in [0.1, 0.15) is 49.9 Å². The quantitative estimate of drug-likeness (QED) is 0.563. The summed E-state index contributed by atoms with van der Waals surface area (Å²) in [4.78, 5) is 9.44. The Hall–Kier alpha value is -1.89. The first kappa shape index (κ1) is 22.4. The van der Waals surface area contributed by atoms with Crippen LogP contribution in [-0.2, 0) is 4.79 Å². The molecule has 2 rings (SSSR count). The van der Waals surface area contributed by atoms with Crippen molar-refractivity contribution >= 4 is 5.78 Å². The maximum atomic E-state index is 9.44. The van der Waals surface area contributed by atoms with Gasteiger partial charge in [-0.15, -0.1) is 0 Å². The number of ketones is 1. The van der Waals surface area contributed by atoms with E-state index in [1.807, 2.05) is 13.8 Å². The van der Waals surface area contributed by atoms with Gasteiger partial charge in [-0.2, -0.15) is 0 Å². The lowest BCUT2D eigenvalue weighted by molar-refractivity contribution is -0.114. The van der Waals surface area contributed by atoms with Gasteiger partial charge in [-0.3, -0.25) is 0 Å². The van der Waals surface area contributed by atoms with Gasteiger partial charge in [0, 0.05) is 0 Å². The molecule has 0 aliphatic rings. The zero-order valence-electron chi connectivity index (χ0n) is 15.5. The molecule has 0 amide bonds. The maximum absolute atomic E-state index is 9.44. The zero-order chi connectivity index (χ0) is 17.5. The summed E-state index contributed by atoms with van der Waals surface area (Å²) in [5.41, 5.74) is 5.47. The molecule has 0 unspecified atom stereocenters. The molecule has 2 aromatic carbocycles. The number of carbonyl (C=O) groups excluding carboxylic acids is 1. The van der Waals surface area contributed by atoms with Crippen LogP contribution in [0, 0.1) is 27.7 Å². The van der Waals surface area contributed by atoms with E-state index in [-0.39, 0.29) is 5.78 Å². The normalized spacial score (nSPS) is 8.18. The largest absolute Gasteiger partial charge is 0.300 e. The van der Waals surface area contributed by atoms with Gasteiger partial charge in [0.05, 0.1) is 0 Å². The SMILES string of the molecule is CC.CC(C)=O.Cc1ccccc1C.Cc1ccccc1C. The van der Waals surface area contributed by atoms with E-state index >= 15 is 0 Å². The molecular formula is C21H32O.